The fraction of sp³-hybridized carbons (Fsp3) is 0.529. The minimum Gasteiger partial charge on any atom is -0.445 e. The number of unbranched alkanes of at least 4 members (excludes halogenated alkanes) is 1. The fourth-order valence-electron chi connectivity index (χ4n) is 2.65. The van der Waals surface area contributed by atoms with Gasteiger partial charge in [-0.2, -0.15) is 0 Å². The zero-order valence-corrected chi connectivity index (χ0v) is 13.9. The molecular weight excluding hydrogens is 308 g/mol. The second-order valence-corrected chi connectivity index (χ2v) is 5.80. The number of ether oxygens (including phenoxy) is 1. The van der Waals surface area contributed by atoms with Crippen molar-refractivity contribution in [3.63, 3.8) is 0 Å². The van der Waals surface area contributed by atoms with Crippen molar-refractivity contribution in [2.75, 3.05) is 19.6 Å². The summed E-state index contributed by atoms with van der Waals surface area (Å²) in [6.07, 6.45) is 2.80. The molecule has 7 nitrogen and oxygen atoms in total. The summed E-state index contributed by atoms with van der Waals surface area (Å²) in [5.74, 6) is -0.197. The number of likely N-dealkylation sites (tertiary alicyclic amines) is 1. The van der Waals surface area contributed by atoms with E-state index in [4.69, 9.17) is 10.5 Å². The summed E-state index contributed by atoms with van der Waals surface area (Å²) in [6, 6.07) is 9.01. The van der Waals surface area contributed by atoms with Crippen LogP contribution >= 0.6 is 0 Å². The van der Waals surface area contributed by atoms with Crippen molar-refractivity contribution in [1.82, 2.24) is 15.8 Å². The molecule has 0 spiro atoms. The number of carbonyl (C=O) groups excluding carboxylic acids is 2. The molecule has 1 aliphatic rings. The number of amides is 2. The Morgan fingerprint density at radius 1 is 1.25 bits per heavy atom. The highest BCUT2D eigenvalue weighted by molar-refractivity contribution is 5.85. The second kappa shape index (κ2) is 9.89. The molecule has 0 radical (unpaired) electrons. The summed E-state index contributed by atoms with van der Waals surface area (Å²) in [5.41, 5.74) is 11.9. The third-order valence-corrected chi connectivity index (χ3v) is 3.96. The summed E-state index contributed by atoms with van der Waals surface area (Å²) in [6.45, 7) is 2.05. The van der Waals surface area contributed by atoms with Gasteiger partial charge < -0.3 is 10.5 Å². The molecule has 2 rings (SSSR count). The zero-order chi connectivity index (χ0) is 17.2. The molecule has 1 aliphatic heterocycles. The number of hydrazine groups is 1. The lowest BCUT2D eigenvalue weighted by molar-refractivity contribution is -0.126. The van der Waals surface area contributed by atoms with Gasteiger partial charge in [0.15, 0.2) is 0 Å². The van der Waals surface area contributed by atoms with E-state index >= 15 is 0 Å². The van der Waals surface area contributed by atoms with Crippen molar-refractivity contribution in [2.45, 2.75) is 38.3 Å². The van der Waals surface area contributed by atoms with E-state index in [1.54, 1.807) is 0 Å². The van der Waals surface area contributed by atoms with E-state index in [9.17, 15) is 9.59 Å². The van der Waals surface area contributed by atoms with Crippen LogP contribution in [0.25, 0.3) is 0 Å². The van der Waals surface area contributed by atoms with Crippen LogP contribution in [-0.4, -0.2) is 42.6 Å². The van der Waals surface area contributed by atoms with Crippen LogP contribution in [0.15, 0.2) is 30.3 Å². The largest absolute Gasteiger partial charge is 0.445 e. The zero-order valence-electron chi connectivity index (χ0n) is 13.9. The van der Waals surface area contributed by atoms with Crippen LogP contribution in [0, 0.1) is 0 Å². The number of carbonyl (C=O) groups is 2. The lowest BCUT2D eigenvalue weighted by Gasteiger charge is -2.23. The predicted octanol–water partition coefficient (Wildman–Crippen LogP) is 1.15. The van der Waals surface area contributed by atoms with Gasteiger partial charge in [0.05, 0.1) is 0 Å². The quantitative estimate of drug-likeness (QED) is 0.489. The van der Waals surface area contributed by atoms with Crippen molar-refractivity contribution in [3.05, 3.63) is 35.9 Å². The highest BCUT2D eigenvalue weighted by Crippen LogP contribution is 2.18. The summed E-state index contributed by atoms with van der Waals surface area (Å²) < 4.78 is 5.32. The van der Waals surface area contributed by atoms with E-state index < -0.39 is 12.1 Å². The minimum atomic E-state index is -0.477. The van der Waals surface area contributed by atoms with Gasteiger partial charge in [0.1, 0.15) is 12.6 Å². The fourth-order valence-corrected chi connectivity index (χ4v) is 2.65. The number of nitrogens with one attached hydrogen (secondary N) is 2. The molecule has 2 amide bonds. The Morgan fingerprint density at radius 2 is 2.04 bits per heavy atom. The molecule has 132 valence electrons. The van der Waals surface area contributed by atoms with Crippen molar-refractivity contribution in [2.24, 2.45) is 5.73 Å². The average Bonchev–Trinajstić information content (AvgIpc) is 3.10. The van der Waals surface area contributed by atoms with Gasteiger partial charge >= 0.3 is 6.09 Å². The van der Waals surface area contributed by atoms with E-state index in [0.717, 1.165) is 24.8 Å². The molecule has 0 aromatic heterocycles. The normalized spacial score (nSPS) is 16.9. The van der Waals surface area contributed by atoms with Crippen LogP contribution in [0.2, 0.25) is 0 Å². The molecule has 0 aliphatic carbocycles. The van der Waals surface area contributed by atoms with E-state index in [0.29, 0.717) is 26.1 Å². The molecule has 1 saturated heterocycles. The Bertz CT molecular complexity index is 524. The molecule has 1 heterocycles. The van der Waals surface area contributed by atoms with Crippen LogP contribution in [0.1, 0.15) is 31.2 Å². The van der Waals surface area contributed by atoms with Gasteiger partial charge in [-0.05, 0) is 37.8 Å². The first-order chi connectivity index (χ1) is 11.7. The first kappa shape index (κ1) is 18.2. The van der Waals surface area contributed by atoms with Gasteiger partial charge in [-0.25, -0.2) is 10.2 Å². The Balaban J connectivity index is 1.76. The molecule has 24 heavy (non-hydrogen) atoms. The predicted molar refractivity (Wildman–Crippen MR) is 90.8 cm³/mol. The number of rotatable bonds is 8. The van der Waals surface area contributed by atoms with E-state index in [2.05, 4.69) is 10.9 Å². The van der Waals surface area contributed by atoms with Gasteiger partial charge in [0, 0.05) is 13.1 Å². The average molecular weight is 334 g/mol. The summed E-state index contributed by atoms with van der Waals surface area (Å²) in [4.78, 5) is 26.0. The van der Waals surface area contributed by atoms with Crippen molar-refractivity contribution in [3.8, 4) is 0 Å². The van der Waals surface area contributed by atoms with E-state index in [1.165, 1.54) is 4.90 Å². The Hall–Kier alpha value is -2.12. The van der Waals surface area contributed by atoms with Gasteiger partial charge in [-0.15, -0.1) is 0 Å². The first-order valence-corrected chi connectivity index (χ1v) is 8.42. The summed E-state index contributed by atoms with van der Waals surface area (Å²) >= 11 is 0. The highest BCUT2D eigenvalue weighted by Gasteiger charge is 2.35. The summed E-state index contributed by atoms with van der Waals surface area (Å²) in [5, 5.41) is 0. The van der Waals surface area contributed by atoms with Gasteiger partial charge in [0.25, 0.3) is 5.91 Å². The first-order valence-electron chi connectivity index (χ1n) is 8.42. The monoisotopic (exact) mass is 334 g/mol. The number of benzene rings is 1. The molecule has 1 aromatic carbocycles. The van der Waals surface area contributed by atoms with Crippen LogP contribution in [-0.2, 0) is 16.1 Å². The molecule has 0 unspecified atom stereocenters. The molecule has 0 bridgehead atoms. The van der Waals surface area contributed by atoms with Gasteiger partial charge in [0.2, 0.25) is 0 Å². The molecule has 1 fully saturated rings. The van der Waals surface area contributed by atoms with Crippen molar-refractivity contribution < 1.29 is 14.3 Å². The Kier molecular flexibility index (Phi) is 7.51. The van der Waals surface area contributed by atoms with Crippen LogP contribution in [0.5, 0.6) is 0 Å². The third-order valence-electron chi connectivity index (χ3n) is 3.96. The second-order valence-electron chi connectivity index (χ2n) is 5.80. The Morgan fingerprint density at radius 3 is 2.79 bits per heavy atom. The lowest BCUT2D eigenvalue weighted by atomic mass is 10.2. The van der Waals surface area contributed by atoms with Crippen LogP contribution in [0.4, 0.5) is 4.79 Å². The Labute approximate surface area is 142 Å². The molecule has 1 aromatic rings. The van der Waals surface area contributed by atoms with E-state index in [-0.39, 0.29) is 12.5 Å². The van der Waals surface area contributed by atoms with Gasteiger partial charge in [-0.3, -0.25) is 15.1 Å². The molecule has 4 N–H and O–H groups in total. The molecular formula is C17H26N4O3. The lowest BCUT2D eigenvalue weighted by Crippen LogP contribution is -2.50. The number of hydrogen-bond donors (Lipinski definition) is 3. The SMILES string of the molecule is NCCCCNNC(=O)[C@@H]1CCCN1C(=O)OCc1ccccc1. The van der Waals surface area contributed by atoms with Crippen molar-refractivity contribution >= 4 is 12.0 Å². The standard InChI is InChI=1S/C17H26N4O3/c18-10-4-5-11-19-20-16(22)15-9-6-12-21(15)17(23)24-13-14-7-2-1-3-8-14/h1-3,7-8,15,19H,4-6,9-13,18H2,(H,20,22)/t15-/m0/s1. The molecule has 0 saturated carbocycles. The molecule has 1 atom stereocenters. The minimum absolute atomic E-state index is 0.197. The summed E-state index contributed by atoms with van der Waals surface area (Å²) in [7, 11) is 0. The smallest absolute Gasteiger partial charge is 0.410 e. The third kappa shape index (κ3) is 5.50. The van der Waals surface area contributed by atoms with Crippen LogP contribution < -0.4 is 16.6 Å². The number of hydrogen-bond acceptors (Lipinski definition) is 5. The highest BCUT2D eigenvalue weighted by atomic mass is 16.6. The topological polar surface area (TPSA) is 96.7 Å². The van der Waals surface area contributed by atoms with Crippen LogP contribution in [0.3, 0.4) is 0 Å². The maximum absolute atomic E-state index is 12.2. The number of nitrogens with two attached hydrogens (primary N) is 1. The maximum Gasteiger partial charge on any atom is 0.410 e. The molecule has 7 heteroatoms. The maximum atomic E-state index is 12.2. The van der Waals surface area contributed by atoms with E-state index in [1.807, 2.05) is 30.3 Å². The number of nitrogens with zero attached hydrogens (tertiary/aromatic N) is 1. The van der Waals surface area contributed by atoms with Gasteiger partial charge in [-0.1, -0.05) is 30.3 Å². The van der Waals surface area contributed by atoms with Crippen molar-refractivity contribution in [1.29, 1.82) is 0 Å².